The van der Waals surface area contributed by atoms with Crippen LogP contribution in [0.1, 0.15) is 39.2 Å². The van der Waals surface area contributed by atoms with Crippen LogP contribution in [0.4, 0.5) is 5.69 Å². The van der Waals surface area contributed by atoms with Crippen molar-refractivity contribution in [1.29, 1.82) is 0 Å². The maximum absolute atomic E-state index is 6.07. The summed E-state index contributed by atoms with van der Waals surface area (Å²) < 4.78 is 0. The van der Waals surface area contributed by atoms with Crippen molar-refractivity contribution in [2.45, 2.75) is 46.6 Å². The van der Waals surface area contributed by atoms with Crippen LogP contribution < -0.4 is 5.32 Å². The van der Waals surface area contributed by atoms with Gasteiger partial charge < -0.3 is 10.2 Å². The van der Waals surface area contributed by atoms with E-state index < -0.39 is 0 Å². The summed E-state index contributed by atoms with van der Waals surface area (Å²) in [5.41, 5.74) is 5.44. The third kappa shape index (κ3) is 5.71. The molecular weight excluding hydrogens is 378 g/mol. The first-order valence-corrected chi connectivity index (χ1v) is 11.0. The number of rotatable bonds is 9. The van der Waals surface area contributed by atoms with Crippen molar-refractivity contribution in [1.82, 2.24) is 9.88 Å². The number of fused-ring (bicyclic) bond motifs is 1. The van der Waals surface area contributed by atoms with E-state index in [1.165, 1.54) is 17.4 Å². The van der Waals surface area contributed by atoms with Crippen LogP contribution in [0.3, 0.4) is 0 Å². The van der Waals surface area contributed by atoms with Gasteiger partial charge in [-0.2, -0.15) is 0 Å². The molecule has 0 aliphatic carbocycles. The van der Waals surface area contributed by atoms with Crippen LogP contribution in [0.5, 0.6) is 0 Å². The maximum atomic E-state index is 6.07. The fourth-order valence-electron chi connectivity index (χ4n) is 3.72. The fraction of sp³-hybridized carbons (Fsp3) is 0.400. The molecule has 0 aliphatic heterocycles. The summed E-state index contributed by atoms with van der Waals surface area (Å²) in [6.45, 7) is 12.2. The molecule has 0 bridgehead atoms. The first-order chi connectivity index (χ1) is 14.0. The second-order valence-corrected chi connectivity index (χ2v) is 8.23. The van der Waals surface area contributed by atoms with Gasteiger partial charge in [-0.25, -0.2) is 4.98 Å². The molecule has 4 heteroatoms. The molecule has 1 N–H and O–H groups in total. The molecule has 1 aromatic heterocycles. The largest absolute Gasteiger partial charge is 0.382 e. The average Bonchev–Trinajstić information content (AvgIpc) is 2.71. The summed E-state index contributed by atoms with van der Waals surface area (Å²) in [5.74, 6) is 0. The highest BCUT2D eigenvalue weighted by molar-refractivity contribution is 6.30. The lowest BCUT2D eigenvalue weighted by Gasteiger charge is -2.21. The Bertz CT molecular complexity index is 933. The lowest BCUT2D eigenvalue weighted by molar-refractivity contribution is 0.295. The number of nitrogens with one attached hydrogen (secondary N) is 1. The average molecular weight is 410 g/mol. The minimum absolute atomic E-state index is 0.399. The molecule has 0 radical (unpaired) electrons. The second-order valence-electron chi connectivity index (χ2n) is 7.80. The van der Waals surface area contributed by atoms with Crippen LogP contribution in [0.15, 0.2) is 48.5 Å². The van der Waals surface area contributed by atoms with Crippen LogP contribution in [-0.2, 0) is 0 Å². The number of benzene rings is 2. The number of pyridine rings is 1. The molecule has 3 aromatic rings. The van der Waals surface area contributed by atoms with Gasteiger partial charge in [0.1, 0.15) is 0 Å². The molecule has 0 spiro atoms. The smallest absolute Gasteiger partial charge is 0.0732 e. The minimum atomic E-state index is 0.399. The van der Waals surface area contributed by atoms with E-state index in [2.05, 4.69) is 62.2 Å². The Morgan fingerprint density at radius 1 is 1.03 bits per heavy atom. The Morgan fingerprint density at radius 3 is 2.45 bits per heavy atom. The van der Waals surface area contributed by atoms with Crippen LogP contribution in [-0.4, -0.2) is 35.6 Å². The molecule has 0 fully saturated rings. The number of hydrogen-bond donors (Lipinski definition) is 1. The van der Waals surface area contributed by atoms with Gasteiger partial charge in [0.25, 0.3) is 0 Å². The Kier molecular flexibility index (Phi) is 7.51. The van der Waals surface area contributed by atoms with E-state index in [1.54, 1.807) is 0 Å². The molecule has 1 unspecified atom stereocenters. The highest BCUT2D eigenvalue weighted by Crippen LogP contribution is 2.30. The topological polar surface area (TPSA) is 28.2 Å². The second kappa shape index (κ2) is 10.1. The normalized spacial score (nSPS) is 12.5. The molecular formula is C25H32ClN3. The summed E-state index contributed by atoms with van der Waals surface area (Å²) in [7, 11) is 0. The number of nitrogens with zero attached hydrogens (tertiary/aromatic N) is 2. The van der Waals surface area contributed by atoms with Gasteiger partial charge in [0, 0.05) is 27.7 Å². The standard InChI is InChI=1S/C25H32ClN3/c1-5-29(6-2)15-7-8-19(4)27-25-17-23(20-10-12-21(26)13-11-20)28-24-16-18(3)9-14-22(24)25/h9-14,16-17,19H,5-8,15H2,1-4H3,(H,27,28). The van der Waals surface area contributed by atoms with Crippen LogP contribution in [0.25, 0.3) is 22.2 Å². The predicted molar refractivity (Wildman–Crippen MR) is 127 cm³/mol. The Labute approximate surface area is 180 Å². The summed E-state index contributed by atoms with van der Waals surface area (Å²) in [6.07, 6.45) is 2.34. The lowest BCUT2D eigenvalue weighted by Crippen LogP contribution is -2.25. The van der Waals surface area contributed by atoms with Crippen molar-refractivity contribution in [3.8, 4) is 11.3 Å². The molecule has 0 aliphatic rings. The van der Waals surface area contributed by atoms with Gasteiger partial charge in [0.2, 0.25) is 0 Å². The molecule has 1 heterocycles. The maximum Gasteiger partial charge on any atom is 0.0732 e. The summed E-state index contributed by atoms with van der Waals surface area (Å²) in [5, 5.41) is 5.66. The third-order valence-electron chi connectivity index (χ3n) is 5.51. The van der Waals surface area contributed by atoms with Crippen molar-refractivity contribution in [3.63, 3.8) is 0 Å². The zero-order chi connectivity index (χ0) is 20.8. The minimum Gasteiger partial charge on any atom is -0.382 e. The molecule has 0 saturated carbocycles. The summed E-state index contributed by atoms with van der Waals surface area (Å²) in [4.78, 5) is 7.40. The summed E-state index contributed by atoms with van der Waals surface area (Å²) >= 11 is 6.07. The first-order valence-electron chi connectivity index (χ1n) is 10.7. The van der Waals surface area contributed by atoms with Gasteiger partial charge in [-0.05, 0) is 76.2 Å². The number of aromatic nitrogens is 1. The first kappa shape index (κ1) is 21.6. The molecule has 0 saturated heterocycles. The molecule has 3 rings (SSSR count). The van der Waals surface area contributed by atoms with Gasteiger partial charge in [0.05, 0.1) is 11.2 Å². The molecule has 29 heavy (non-hydrogen) atoms. The Morgan fingerprint density at radius 2 is 1.76 bits per heavy atom. The number of halogens is 1. The number of aryl methyl sites for hydroxylation is 1. The number of anilines is 1. The molecule has 0 amide bonds. The van der Waals surface area contributed by atoms with Crippen molar-refractivity contribution in [2.75, 3.05) is 25.0 Å². The van der Waals surface area contributed by atoms with E-state index >= 15 is 0 Å². The molecule has 154 valence electrons. The van der Waals surface area contributed by atoms with Crippen molar-refractivity contribution >= 4 is 28.2 Å². The highest BCUT2D eigenvalue weighted by atomic mass is 35.5. The van der Waals surface area contributed by atoms with Gasteiger partial charge in [-0.15, -0.1) is 0 Å². The lowest BCUT2D eigenvalue weighted by atomic mass is 10.0. The van der Waals surface area contributed by atoms with Crippen LogP contribution in [0, 0.1) is 6.92 Å². The van der Waals surface area contributed by atoms with Gasteiger partial charge in [0.15, 0.2) is 0 Å². The Hall–Kier alpha value is -2.10. The SMILES string of the molecule is CCN(CC)CCCC(C)Nc1cc(-c2ccc(Cl)cc2)nc2cc(C)ccc12. The van der Waals surface area contributed by atoms with Gasteiger partial charge in [-0.1, -0.05) is 49.7 Å². The Balaban J connectivity index is 1.84. The van der Waals surface area contributed by atoms with E-state index in [1.807, 2.05) is 24.3 Å². The van der Waals surface area contributed by atoms with Gasteiger partial charge in [-0.3, -0.25) is 0 Å². The van der Waals surface area contributed by atoms with Crippen molar-refractivity contribution in [3.05, 3.63) is 59.1 Å². The molecule has 2 aromatic carbocycles. The van der Waals surface area contributed by atoms with Crippen molar-refractivity contribution in [2.24, 2.45) is 0 Å². The van der Waals surface area contributed by atoms with Crippen LogP contribution in [0.2, 0.25) is 5.02 Å². The zero-order valence-electron chi connectivity index (χ0n) is 18.0. The molecule has 1 atom stereocenters. The van der Waals surface area contributed by atoms with E-state index in [-0.39, 0.29) is 0 Å². The monoisotopic (exact) mass is 409 g/mol. The van der Waals surface area contributed by atoms with E-state index in [0.29, 0.717) is 6.04 Å². The third-order valence-corrected chi connectivity index (χ3v) is 5.77. The molecule has 3 nitrogen and oxygen atoms in total. The quantitative estimate of drug-likeness (QED) is 0.421. The van der Waals surface area contributed by atoms with E-state index in [9.17, 15) is 0 Å². The highest BCUT2D eigenvalue weighted by Gasteiger charge is 2.11. The van der Waals surface area contributed by atoms with E-state index in [0.717, 1.165) is 53.5 Å². The van der Waals surface area contributed by atoms with Crippen molar-refractivity contribution < 1.29 is 0 Å². The van der Waals surface area contributed by atoms with Gasteiger partial charge >= 0.3 is 0 Å². The van der Waals surface area contributed by atoms with E-state index in [4.69, 9.17) is 16.6 Å². The fourth-order valence-corrected chi connectivity index (χ4v) is 3.85. The number of hydrogen-bond acceptors (Lipinski definition) is 3. The zero-order valence-corrected chi connectivity index (χ0v) is 18.8. The predicted octanol–water partition coefficient (Wildman–Crippen LogP) is 6.79. The summed E-state index contributed by atoms with van der Waals surface area (Å²) in [6, 6.07) is 17.0. The van der Waals surface area contributed by atoms with Crippen LogP contribution >= 0.6 is 11.6 Å².